The van der Waals surface area contributed by atoms with Gasteiger partial charge in [0, 0.05) is 33.6 Å². The first-order valence-corrected chi connectivity index (χ1v) is 9.31. The number of carbonyl (C=O) groups excluding carboxylic acids is 1. The largest absolute Gasteiger partial charge is 0.497 e. The topological polar surface area (TPSA) is 63.2 Å². The van der Waals surface area contributed by atoms with Crippen LogP contribution in [0, 0.1) is 0 Å². The summed E-state index contributed by atoms with van der Waals surface area (Å²) >= 11 is 0. The van der Waals surface area contributed by atoms with Crippen LogP contribution in [0.2, 0.25) is 0 Å². The molecule has 1 aromatic carbocycles. The van der Waals surface area contributed by atoms with Crippen molar-refractivity contribution in [2.24, 2.45) is 4.99 Å². The summed E-state index contributed by atoms with van der Waals surface area (Å²) < 4.78 is 10.1. The summed E-state index contributed by atoms with van der Waals surface area (Å²) in [7, 11) is 5.49. The molecule has 0 heterocycles. The van der Waals surface area contributed by atoms with Crippen molar-refractivity contribution >= 4 is 11.9 Å². The molecule has 0 amide bonds. The summed E-state index contributed by atoms with van der Waals surface area (Å²) in [6, 6.07) is 8.06. The number of nitrogens with zero attached hydrogens (tertiary/aromatic N) is 2. The van der Waals surface area contributed by atoms with E-state index >= 15 is 0 Å². The van der Waals surface area contributed by atoms with Gasteiger partial charge in [-0.25, -0.2) is 0 Å². The second kappa shape index (κ2) is 13.0. The number of hydrogen-bond donors (Lipinski definition) is 1. The number of ether oxygens (including phenoxy) is 2. The zero-order valence-corrected chi connectivity index (χ0v) is 16.6. The maximum atomic E-state index is 11.3. The predicted octanol–water partition coefficient (Wildman–Crippen LogP) is 3.22. The second-order valence-corrected chi connectivity index (χ2v) is 6.15. The van der Waals surface area contributed by atoms with Crippen molar-refractivity contribution < 1.29 is 14.3 Å². The van der Waals surface area contributed by atoms with Crippen LogP contribution in [0.25, 0.3) is 0 Å². The molecule has 0 radical (unpaired) electrons. The number of carbonyl (C=O) groups is 1. The van der Waals surface area contributed by atoms with E-state index in [0.29, 0.717) is 13.0 Å². The van der Waals surface area contributed by atoms with Crippen LogP contribution in [0.15, 0.2) is 29.3 Å². The molecule has 0 aliphatic rings. The van der Waals surface area contributed by atoms with E-state index in [1.54, 1.807) is 14.2 Å². The quantitative estimate of drug-likeness (QED) is 0.283. The van der Waals surface area contributed by atoms with E-state index in [2.05, 4.69) is 27.3 Å². The molecule has 0 aliphatic heterocycles. The van der Waals surface area contributed by atoms with E-state index in [1.165, 1.54) is 5.56 Å². The van der Waals surface area contributed by atoms with Crippen molar-refractivity contribution in [3.63, 3.8) is 0 Å². The predicted molar refractivity (Wildman–Crippen MR) is 106 cm³/mol. The van der Waals surface area contributed by atoms with E-state index in [1.807, 2.05) is 26.1 Å². The number of aliphatic imine (C=N–C) groups is 1. The number of unbranched alkanes of at least 4 members (excludes halogenated alkanes) is 3. The molecule has 0 saturated heterocycles. The number of benzene rings is 1. The minimum atomic E-state index is -0.0915. The Morgan fingerprint density at radius 3 is 2.46 bits per heavy atom. The van der Waals surface area contributed by atoms with Crippen LogP contribution in [-0.4, -0.2) is 51.2 Å². The summed E-state index contributed by atoms with van der Waals surface area (Å²) in [6.45, 7) is 3.95. The highest BCUT2D eigenvalue weighted by Crippen LogP contribution is 2.12. The van der Waals surface area contributed by atoms with Gasteiger partial charge in [0.05, 0.1) is 13.7 Å². The van der Waals surface area contributed by atoms with Gasteiger partial charge in [-0.15, -0.1) is 0 Å². The number of rotatable bonds is 11. The average molecular weight is 364 g/mol. The molecule has 1 rings (SSSR count). The molecular weight excluding hydrogens is 330 g/mol. The van der Waals surface area contributed by atoms with Crippen LogP contribution in [0.4, 0.5) is 0 Å². The summed E-state index contributed by atoms with van der Waals surface area (Å²) in [5.41, 5.74) is 1.20. The lowest BCUT2D eigenvalue weighted by Crippen LogP contribution is -2.38. The van der Waals surface area contributed by atoms with Crippen LogP contribution < -0.4 is 10.1 Å². The van der Waals surface area contributed by atoms with Gasteiger partial charge in [0.25, 0.3) is 0 Å². The molecule has 0 unspecified atom stereocenters. The number of esters is 1. The normalized spacial score (nSPS) is 11.2. The first-order chi connectivity index (χ1) is 12.6. The first kappa shape index (κ1) is 21.8. The molecule has 0 aliphatic carbocycles. The smallest absolute Gasteiger partial charge is 0.305 e. The molecular formula is C20H33N3O3. The van der Waals surface area contributed by atoms with Gasteiger partial charge in [-0.05, 0) is 37.5 Å². The molecule has 146 valence electrons. The van der Waals surface area contributed by atoms with Crippen LogP contribution in [0.1, 0.15) is 44.6 Å². The third-order valence-electron chi connectivity index (χ3n) is 4.05. The Hall–Kier alpha value is -2.24. The van der Waals surface area contributed by atoms with Crippen molar-refractivity contribution in [1.82, 2.24) is 10.2 Å². The molecule has 0 atom stereocenters. The molecule has 26 heavy (non-hydrogen) atoms. The fraction of sp³-hybridized carbons (Fsp3) is 0.600. The van der Waals surface area contributed by atoms with E-state index in [4.69, 9.17) is 9.47 Å². The lowest BCUT2D eigenvalue weighted by molar-refractivity contribution is -0.143. The van der Waals surface area contributed by atoms with Crippen molar-refractivity contribution in [2.75, 3.05) is 34.4 Å². The fourth-order valence-corrected chi connectivity index (χ4v) is 2.65. The molecule has 6 heteroatoms. The van der Waals surface area contributed by atoms with E-state index in [-0.39, 0.29) is 5.97 Å². The Labute approximate surface area is 157 Å². The highest BCUT2D eigenvalue weighted by atomic mass is 16.5. The minimum absolute atomic E-state index is 0.0915. The number of guanidine groups is 1. The Kier molecular flexibility index (Phi) is 10.9. The Morgan fingerprint density at radius 2 is 1.85 bits per heavy atom. The minimum Gasteiger partial charge on any atom is -0.497 e. The van der Waals surface area contributed by atoms with Crippen molar-refractivity contribution in [1.29, 1.82) is 0 Å². The summed E-state index contributed by atoms with van der Waals surface area (Å²) in [5, 5.41) is 3.39. The third-order valence-corrected chi connectivity index (χ3v) is 4.05. The van der Waals surface area contributed by atoms with Crippen molar-refractivity contribution in [2.45, 2.75) is 45.6 Å². The lowest BCUT2D eigenvalue weighted by Gasteiger charge is -2.22. The standard InChI is InChI=1S/C20H33N3O3/c1-5-26-19(24)10-8-6-7-9-15-22-20(21-2)23(3)16-17-11-13-18(25-4)14-12-17/h11-14H,5-10,15-16H2,1-4H3,(H,21,22). The summed E-state index contributed by atoms with van der Waals surface area (Å²) in [6.07, 6.45) is 4.60. The van der Waals surface area contributed by atoms with Gasteiger partial charge in [0.15, 0.2) is 5.96 Å². The zero-order valence-electron chi connectivity index (χ0n) is 16.6. The van der Waals surface area contributed by atoms with Gasteiger partial charge in [0.1, 0.15) is 5.75 Å². The van der Waals surface area contributed by atoms with Crippen LogP contribution in [-0.2, 0) is 16.1 Å². The monoisotopic (exact) mass is 363 g/mol. The highest BCUT2D eigenvalue weighted by molar-refractivity contribution is 5.79. The number of nitrogens with one attached hydrogen (secondary N) is 1. The molecule has 6 nitrogen and oxygen atoms in total. The van der Waals surface area contributed by atoms with Gasteiger partial charge in [-0.3, -0.25) is 9.79 Å². The first-order valence-electron chi connectivity index (χ1n) is 9.31. The zero-order chi connectivity index (χ0) is 19.2. The maximum Gasteiger partial charge on any atom is 0.305 e. The lowest BCUT2D eigenvalue weighted by atomic mass is 10.1. The number of methoxy groups -OCH3 is 1. The molecule has 0 bridgehead atoms. The van der Waals surface area contributed by atoms with Crippen LogP contribution in [0.5, 0.6) is 5.75 Å². The molecule has 0 spiro atoms. The van der Waals surface area contributed by atoms with Crippen molar-refractivity contribution in [3.05, 3.63) is 29.8 Å². The fourth-order valence-electron chi connectivity index (χ4n) is 2.65. The Bertz CT molecular complexity index is 544. The molecule has 1 N–H and O–H groups in total. The Balaban J connectivity index is 2.22. The Morgan fingerprint density at radius 1 is 1.15 bits per heavy atom. The highest BCUT2D eigenvalue weighted by Gasteiger charge is 2.06. The second-order valence-electron chi connectivity index (χ2n) is 6.15. The van der Waals surface area contributed by atoms with E-state index in [0.717, 1.165) is 50.5 Å². The van der Waals surface area contributed by atoms with Gasteiger partial charge in [0.2, 0.25) is 0 Å². The van der Waals surface area contributed by atoms with E-state index < -0.39 is 0 Å². The van der Waals surface area contributed by atoms with Gasteiger partial charge in [-0.1, -0.05) is 25.0 Å². The van der Waals surface area contributed by atoms with Gasteiger partial charge in [-0.2, -0.15) is 0 Å². The van der Waals surface area contributed by atoms with Crippen LogP contribution >= 0.6 is 0 Å². The van der Waals surface area contributed by atoms with Gasteiger partial charge < -0.3 is 19.7 Å². The summed E-state index contributed by atoms with van der Waals surface area (Å²) in [4.78, 5) is 17.7. The average Bonchev–Trinajstić information content (AvgIpc) is 2.64. The van der Waals surface area contributed by atoms with Crippen LogP contribution in [0.3, 0.4) is 0 Å². The number of hydrogen-bond acceptors (Lipinski definition) is 4. The molecule has 0 fully saturated rings. The van der Waals surface area contributed by atoms with Gasteiger partial charge >= 0.3 is 5.97 Å². The SMILES string of the molecule is CCOC(=O)CCCCCCNC(=NC)N(C)Cc1ccc(OC)cc1. The molecule has 0 saturated carbocycles. The third kappa shape index (κ3) is 8.74. The van der Waals surface area contributed by atoms with Crippen molar-refractivity contribution in [3.8, 4) is 5.75 Å². The van der Waals surface area contributed by atoms with E-state index in [9.17, 15) is 4.79 Å². The maximum absolute atomic E-state index is 11.3. The molecule has 0 aromatic heterocycles. The summed E-state index contributed by atoms with van der Waals surface area (Å²) in [5.74, 6) is 1.65. The molecule has 1 aromatic rings.